The number of nitrogens with zero attached hydrogens (tertiary/aromatic N) is 1. The Morgan fingerprint density at radius 3 is 2.04 bits per heavy atom. The number of amides is 1. The Hall–Kier alpha value is -1.03. The summed E-state index contributed by atoms with van der Waals surface area (Å²) in [5, 5.41) is 0. The number of carbonyl (C=O) groups excluding carboxylic acids is 1. The smallest absolute Gasteiger partial charge is 0.444 e. The van der Waals surface area contributed by atoms with E-state index in [1.54, 1.807) is 27.7 Å². The topological polar surface area (TPSA) is 72.9 Å². The van der Waals surface area contributed by atoms with Gasteiger partial charge in [-0.25, -0.2) is 4.79 Å². The highest BCUT2D eigenvalue weighted by Gasteiger charge is 2.48. The number of rotatable bonds is 3. The fraction of sp³-hybridized carbons (Fsp3) is 0.923. The lowest BCUT2D eigenvalue weighted by Crippen LogP contribution is -2.46. The number of carbonyl (C=O) groups is 1. The lowest BCUT2D eigenvalue weighted by atomic mass is 9.81. The molecule has 0 atom stereocenters. The SMILES string of the molecule is CC1(COS(=O)(=O)C(F)(F)F)CCN(C(=O)OC(C)(C)C)CC1. The molecule has 23 heavy (non-hydrogen) atoms. The highest BCUT2D eigenvalue weighted by Crippen LogP contribution is 2.34. The Bertz CT molecular complexity index is 531. The summed E-state index contributed by atoms with van der Waals surface area (Å²) >= 11 is 0. The highest BCUT2D eigenvalue weighted by atomic mass is 32.2. The molecule has 1 fully saturated rings. The number of hydrogen-bond donors (Lipinski definition) is 0. The second kappa shape index (κ2) is 6.46. The van der Waals surface area contributed by atoms with Gasteiger partial charge in [0.1, 0.15) is 5.60 Å². The predicted octanol–water partition coefficient (Wildman–Crippen LogP) is 2.89. The lowest BCUT2D eigenvalue weighted by molar-refractivity contribution is -0.0577. The van der Waals surface area contributed by atoms with E-state index in [1.165, 1.54) is 4.90 Å². The molecule has 0 bridgehead atoms. The molecule has 10 heteroatoms. The van der Waals surface area contributed by atoms with Gasteiger partial charge in [-0.15, -0.1) is 0 Å². The third-order valence-electron chi connectivity index (χ3n) is 3.47. The van der Waals surface area contributed by atoms with Crippen molar-refractivity contribution in [1.82, 2.24) is 4.90 Å². The average molecular weight is 361 g/mol. The zero-order chi connectivity index (χ0) is 18.1. The van der Waals surface area contributed by atoms with Gasteiger partial charge in [-0.2, -0.15) is 21.6 Å². The van der Waals surface area contributed by atoms with Crippen LogP contribution in [0.3, 0.4) is 0 Å². The van der Waals surface area contributed by atoms with Crippen molar-refractivity contribution in [3.63, 3.8) is 0 Å². The molecule has 0 aromatic carbocycles. The van der Waals surface area contributed by atoms with Gasteiger partial charge in [0, 0.05) is 13.1 Å². The molecule has 136 valence electrons. The van der Waals surface area contributed by atoms with E-state index in [0.717, 1.165) is 0 Å². The van der Waals surface area contributed by atoms with Crippen molar-refractivity contribution in [2.45, 2.75) is 51.6 Å². The summed E-state index contributed by atoms with van der Waals surface area (Å²) in [6.07, 6.45) is 0.141. The van der Waals surface area contributed by atoms with Crippen LogP contribution in [0.5, 0.6) is 0 Å². The van der Waals surface area contributed by atoms with E-state index in [0.29, 0.717) is 12.8 Å². The van der Waals surface area contributed by atoms with Crippen molar-refractivity contribution < 1.29 is 35.3 Å². The van der Waals surface area contributed by atoms with Gasteiger partial charge in [-0.3, -0.25) is 4.18 Å². The molecule has 0 aromatic rings. The van der Waals surface area contributed by atoms with Gasteiger partial charge in [-0.05, 0) is 39.0 Å². The van der Waals surface area contributed by atoms with Gasteiger partial charge in [0.25, 0.3) is 0 Å². The van der Waals surface area contributed by atoms with E-state index in [1.807, 2.05) is 0 Å². The van der Waals surface area contributed by atoms with Crippen molar-refractivity contribution in [2.75, 3.05) is 19.7 Å². The maximum Gasteiger partial charge on any atom is 0.523 e. The van der Waals surface area contributed by atoms with Crippen LogP contribution in [0.4, 0.5) is 18.0 Å². The van der Waals surface area contributed by atoms with Gasteiger partial charge >= 0.3 is 21.7 Å². The van der Waals surface area contributed by atoms with Crippen LogP contribution in [0.1, 0.15) is 40.5 Å². The molecule has 1 saturated heterocycles. The molecule has 0 aliphatic carbocycles. The molecule has 1 amide bonds. The predicted molar refractivity (Wildman–Crippen MR) is 76.1 cm³/mol. The van der Waals surface area contributed by atoms with Gasteiger partial charge in [-0.1, -0.05) is 6.92 Å². The Balaban J connectivity index is 2.56. The van der Waals surface area contributed by atoms with Crippen molar-refractivity contribution in [1.29, 1.82) is 0 Å². The Kier molecular flexibility index (Phi) is 5.62. The average Bonchev–Trinajstić information content (AvgIpc) is 2.34. The van der Waals surface area contributed by atoms with Gasteiger partial charge < -0.3 is 9.64 Å². The molecule has 1 heterocycles. The quantitative estimate of drug-likeness (QED) is 0.571. The fourth-order valence-electron chi connectivity index (χ4n) is 1.99. The molecule has 0 N–H and O–H groups in total. The molecule has 1 aliphatic rings. The first-order valence-corrected chi connectivity index (χ1v) is 8.50. The van der Waals surface area contributed by atoms with Crippen molar-refractivity contribution >= 4 is 16.2 Å². The first-order chi connectivity index (χ1) is 10.2. The van der Waals surface area contributed by atoms with E-state index < -0.39 is 39.3 Å². The molecule has 0 unspecified atom stereocenters. The second-order valence-electron chi connectivity index (χ2n) is 6.94. The third kappa shape index (κ3) is 5.83. The molecule has 0 spiro atoms. The van der Waals surface area contributed by atoms with E-state index in [4.69, 9.17) is 4.74 Å². The molecule has 1 rings (SSSR count). The minimum absolute atomic E-state index is 0.265. The zero-order valence-corrected chi connectivity index (χ0v) is 14.4. The molecule has 1 aliphatic heterocycles. The van der Waals surface area contributed by atoms with Crippen LogP contribution in [0.2, 0.25) is 0 Å². The second-order valence-corrected chi connectivity index (χ2v) is 8.55. The van der Waals surface area contributed by atoms with Crippen LogP contribution in [0.25, 0.3) is 0 Å². The number of halogens is 3. The molecule has 0 aromatic heterocycles. The summed E-state index contributed by atoms with van der Waals surface area (Å²) in [7, 11) is -5.59. The number of hydrogen-bond acceptors (Lipinski definition) is 5. The van der Waals surface area contributed by atoms with Gasteiger partial charge in [0.15, 0.2) is 0 Å². The minimum atomic E-state index is -5.59. The van der Waals surface area contributed by atoms with Crippen LogP contribution in [-0.4, -0.2) is 50.2 Å². The Labute approximate surface area is 134 Å². The molecular formula is C13H22F3NO5S. The van der Waals surface area contributed by atoms with Crippen molar-refractivity contribution in [3.05, 3.63) is 0 Å². The van der Waals surface area contributed by atoms with Crippen molar-refractivity contribution in [2.24, 2.45) is 5.41 Å². The van der Waals surface area contributed by atoms with Gasteiger partial charge in [0.05, 0.1) is 6.61 Å². The van der Waals surface area contributed by atoms with Crippen molar-refractivity contribution in [3.8, 4) is 0 Å². The highest BCUT2D eigenvalue weighted by molar-refractivity contribution is 7.87. The van der Waals surface area contributed by atoms with Crippen LogP contribution in [0.15, 0.2) is 0 Å². The lowest BCUT2D eigenvalue weighted by Gasteiger charge is -2.39. The normalized spacial score (nSPS) is 19.5. The van der Waals surface area contributed by atoms with Crippen LogP contribution >= 0.6 is 0 Å². The van der Waals surface area contributed by atoms with E-state index >= 15 is 0 Å². The number of ether oxygens (including phenoxy) is 1. The number of piperidine rings is 1. The van der Waals surface area contributed by atoms with E-state index in [2.05, 4.69) is 4.18 Å². The first kappa shape index (κ1) is 20.0. The molecule has 0 saturated carbocycles. The summed E-state index contributed by atoms with van der Waals surface area (Å²) in [5.41, 5.74) is -6.82. The van der Waals surface area contributed by atoms with Crippen LogP contribution in [-0.2, 0) is 19.0 Å². The summed E-state index contributed by atoms with van der Waals surface area (Å²) in [6, 6.07) is 0. The Morgan fingerprint density at radius 2 is 1.65 bits per heavy atom. The van der Waals surface area contributed by atoms with Gasteiger partial charge in [0.2, 0.25) is 0 Å². The fourth-order valence-corrected chi connectivity index (χ4v) is 2.56. The van der Waals surface area contributed by atoms with Crippen LogP contribution < -0.4 is 0 Å². The number of alkyl halides is 3. The van der Waals surface area contributed by atoms with E-state index in [9.17, 15) is 26.4 Å². The zero-order valence-electron chi connectivity index (χ0n) is 13.6. The largest absolute Gasteiger partial charge is 0.523 e. The maximum absolute atomic E-state index is 12.3. The van der Waals surface area contributed by atoms with E-state index in [-0.39, 0.29) is 13.1 Å². The molecule has 0 radical (unpaired) electrons. The summed E-state index contributed by atoms with van der Waals surface area (Å²) in [6.45, 7) is 6.78. The summed E-state index contributed by atoms with van der Waals surface area (Å²) < 4.78 is 68.0. The summed E-state index contributed by atoms with van der Waals surface area (Å²) in [5.74, 6) is 0. The maximum atomic E-state index is 12.3. The Morgan fingerprint density at radius 1 is 1.17 bits per heavy atom. The number of likely N-dealkylation sites (tertiary alicyclic amines) is 1. The third-order valence-corrected chi connectivity index (χ3v) is 4.46. The first-order valence-electron chi connectivity index (χ1n) is 7.09. The van der Waals surface area contributed by atoms with Crippen LogP contribution in [0, 0.1) is 5.41 Å². The molecule has 6 nitrogen and oxygen atoms in total. The standard InChI is InChI=1S/C13H22F3NO5S/c1-11(2,3)22-10(18)17-7-5-12(4,6-8-17)9-21-23(19,20)13(14,15)16/h5-9H2,1-4H3. The monoisotopic (exact) mass is 361 g/mol. The molecular weight excluding hydrogens is 339 g/mol. The minimum Gasteiger partial charge on any atom is -0.444 e. The summed E-state index contributed by atoms with van der Waals surface area (Å²) in [4.78, 5) is 13.4.